The van der Waals surface area contributed by atoms with Crippen molar-refractivity contribution in [1.29, 1.82) is 0 Å². The predicted molar refractivity (Wildman–Crippen MR) is 127 cm³/mol. The molecule has 2 saturated carbocycles. The molecule has 4 rings (SSSR count). The molecule has 6 heteroatoms. The Labute approximate surface area is 202 Å². The fourth-order valence-corrected chi connectivity index (χ4v) is 7.48. The largest absolute Gasteiger partial charge is 0.465 e. The molecule has 0 spiro atoms. The minimum atomic E-state index is -0.376. The fourth-order valence-electron chi connectivity index (χ4n) is 7.48. The second-order valence-corrected chi connectivity index (χ2v) is 11.1. The topological polar surface area (TPSA) is 86.7 Å². The molecule has 6 atom stereocenters. The molecule has 6 nitrogen and oxygen atoms in total. The van der Waals surface area contributed by atoms with Crippen LogP contribution in [0, 0.1) is 34.5 Å². The summed E-state index contributed by atoms with van der Waals surface area (Å²) < 4.78 is 10.8. The molecule has 0 aromatic heterocycles. The Bertz CT molecular complexity index is 945. The highest BCUT2D eigenvalue weighted by Gasteiger charge is 2.60. The number of fused-ring (bicyclic) bond motifs is 5. The van der Waals surface area contributed by atoms with Crippen LogP contribution in [0.15, 0.2) is 23.3 Å². The van der Waals surface area contributed by atoms with E-state index in [4.69, 9.17) is 9.47 Å². The summed E-state index contributed by atoms with van der Waals surface area (Å²) in [6, 6.07) is 0. The van der Waals surface area contributed by atoms with Crippen molar-refractivity contribution in [2.75, 3.05) is 13.2 Å². The lowest BCUT2D eigenvalue weighted by Gasteiger charge is -2.53. The minimum absolute atomic E-state index is 0.0629. The van der Waals surface area contributed by atoms with Gasteiger partial charge in [-0.25, -0.2) is 0 Å². The van der Waals surface area contributed by atoms with Crippen LogP contribution in [-0.2, 0) is 28.7 Å². The predicted octanol–water partition coefficient (Wildman–Crippen LogP) is 4.76. The third-order valence-corrected chi connectivity index (χ3v) is 9.27. The molecule has 2 fully saturated rings. The molecule has 0 heterocycles. The molecule has 0 radical (unpaired) electrons. The number of ketones is 2. The van der Waals surface area contributed by atoms with Crippen LogP contribution in [0.2, 0.25) is 0 Å². The molecule has 0 unspecified atom stereocenters. The number of carbonyl (C=O) groups is 4. The van der Waals surface area contributed by atoms with Crippen LogP contribution < -0.4 is 0 Å². The average molecular weight is 471 g/mol. The second kappa shape index (κ2) is 9.43. The quantitative estimate of drug-likeness (QED) is 0.394. The van der Waals surface area contributed by atoms with Crippen LogP contribution in [-0.4, -0.2) is 36.7 Å². The highest BCUT2D eigenvalue weighted by molar-refractivity contribution is 5.92. The smallest absolute Gasteiger partial charge is 0.305 e. The Hall–Kier alpha value is -2.24. The van der Waals surface area contributed by atoms with Crippen LogP contribution >= 0.6 is 0 Å². The molecule has 0 N–H and O–H groups in total. The number of allylic oxidation sites excluding steroid dienone is 4. The lowest BCUT2D eigenvalue weighted by molar-refractivity contribution is -0.151. The molecule has 4 aliphatic rings. The third kappa shape index (κ3) is 4.18. The van der Waals surface area contributed by atoms with Gasteiger partial charge in [0.15, 0.2) is 11.6 Å². The first kappa shape index (κ1) is 24.9. The Morgan fingerprint density at radius 1 is 1.06 bits per heavy atom. The van der Waals surface area contributed by atoms with E-state index in [0.717, 1.165) is 32.1 Å². The van der Waals surface area contributed by atoms with Crippen molar-refractivity contribution in [3.63, 3.8) is 0 Å². The summed E-state index contributed by atoms with van der Waals surface area (Å²) in [5.41, 5.74) is 2.37. The Morgan fingerprint density at radius 2 is 1.76 bits per heavy atom. The van der Waals surface area contributed by atoms with Crippen LogP contribution in [0.5, 0.6) is 0 Å². The first-order valence-corrected chi connectivity index (χ1v) is 12.9. The first-order valence-electron chi connectivity index (χ1n) is 12.9. The molecule has 0 aromatic rings. The molecule has 0 saturated heterocycles. The lowest BCUT2D eigenvalue weighted by Crippen LogP contribution is -2.46. The normalized spacial score (nSPS) is 36.4. The van der Waals surface area contributed by atoms with E-state index in [1.54, 1.807) is 13.8 Å². The van der Waals surface area contributed by atoms with E-state index in [9.17, 15) is 19.2 Å². The summed E-state index contributed by atoms with van der Waals surface area (Å²) >= 11 is 0. The molecule has 0 amide bonds. The lowest BCUT2D eigenvalue weighted by atomic mass is 9.51. The molecular weight excluding hydrogens is 432 g/mol. The molecule has 4 aliphatic carbocycles. The van der Waals surface area contributed by atoms with Crippen molar-refractivity contribution in [2.24, 2.45) is 34.5 Å². The Morgan fingerprint density at radius 3 is 2.47 bits per heavy atom. The minimum Gasteiger partial charge on any atom is -0.465 e. The maximum atomic E-state index is 13.5. The van der Waals surface area contributed by atoms with E-state index in [1.807, 2.05) is 6.08 Å². The van der Waals surface area contributed by atoms with Gasteiger partial charge < -0.3 is 9.47 Å². The van der Waals surface area contributed by atoms with Crippen molar-refractivity contribution < 1.29 is 28.7 Å². The second-order valence-electron chi connectivity index (χ2n) is 11.1. The van der Waals surface area contributed by atoms with Gasteiger partial charge in [-0.15, -0.1) is 0 Å². The van der Waals surface area contributed by atoms with Crippen LogP contribution in [0.1, 0.15) is 79.1 Å². The zero-order valence-electron chi connectivity index (χ0n) is 21.0. The highest BCUT2D eigenvalue weighted by atomic mass is 16.5. The van der Waals surface area contributed by atoms with E-state index >= 15 is 0 Å². The van der Waals surface area contributed by atoms with Crippen molar-refractivity contribution in [3.8, 4) is 0 Å². The van der Waals surface area contributed by atoms with E-state index in [0.29, 0.717) is 24.7 Å². The summed E-state index contributed by atoms with van der Waals surface area (Å²) in [5.74, 6) is -0.205. The standard InChI is InChI=1S/C28H38O6/c1-5-24(31)33-15-17-13-22-20-8-7-18-14-19(29)9-11-27(18,3)21(20)10-12-28(22,4)26(17)23(30)16-34-25(32)6-2/h10,14,17,20,22,26H,5-9,11-13,15-16H2,1-4H3/t17-,20-,22+,26-,27+,28+/m1/s1. The van der Waals surface area contributed by atoms with Gasteiger partial charge in [0.05, 0.1) is 6.61 Å². The van der Waals surface area contributed by atoms with Gasteiger partial charge in [0.25, 0.3) is 0 Å². The van der Waals surface area contributed by atoms with Gasteiger partial charge in [-0.05, 0) is 55.4 Å². The van der Waals surface area contributed by atoms with Crippen molar-refractivity contribution >= 4 is 23.5 Å². The number of Topliss-reactive ketones (excluding diaryl/α,β-unsaturated/α-hetero) is 1. The first-order chi connectivity index (χ1) is 16.1. The van der Waals surface area contributed by atoms with Crippen molar-refractivity contribution in [1.82, 2.24) is 0 Å². The average Bonchev–Trinajstić information content (AvgIpc) is 3.13. The molecule has 34 heavy (non-hydrogen) atoms. The van der Waals surface area contributed by atoms with Crippen LogP contribution in [0.3, 0.4) is 0 Å². The summed E-state index contributed by atoms with van der Waals surface area (Å²) in [6.07, 6.45) is 9.71. The molecule has 0 aromatic carbocycles. The van der Waals surface area contributed by atoms with E-state index in [1.165, 1.54) is 11.1 Å². The molecular formula is C28H38O6. The third-order valence-electron chi connectivity index (χ3n) is 9.27. The number of rotatable bonds is 7. The van der Waals surface area contributed by atoms with Gasteiger partial charge in [0, 0.05) is 36.5 Å². The number of esters is 2. The molecule has 0 aliphatic heterocycles. The van der Waals surface area contributed by atoms with Crippen LogP contribution in [0.4, 0.5) is 0 Å². The van der Waals surface area contributed by atoms with Crippen molar-refractivity contribution in [2.45, 2.75) is 79.1 Å². The monoisotopic (exact) mass is 470 g/mol. The zero-order valence-corrected chi connectivity index (χ0v) is 21.0. The van der Waals surface area contributed by atoms with Crippen LogP contribution in [0.25, 0.3) is 0 Å². The Balaban J connectivity index is 1.64. The van der Waals surface area contributed by atoms with Gasteiger partial charge in [0.2, 0.25) is 0 Å². The van der Waals surface area contributed by atoms with E-state index in [2.05, 4.69) is 19.9 Å². The van der Waals surface area contributed by atoms with Gasteiger partial charge in [-0.3, -0.25) is 19.2 Å². The van der Waals surface area contributed by atoms with Gasteiger partial charge >= 0.3 is 11.9 Å². The van der Waals surface area contributed by atoms with E-state index in [-0.39, 0.29) is 65.8 Å². The van der Waals surface area contributed by atoms with E-state index < -0.39 is 0 Å². The number of hydrogen-bond donors (Lipinski definition) is 0. The Kier molecular flexibility index (Phi) is 6.90. The summed E-state index contributed by atoms with van der Waals surface area (Å²) in [6.45, 7) is 7.99. The fraction of sp³-hybridized carbons (Fsp3) is 0.714. The van der Waals surface area contributed by atoms with Crippen molar-refractivity contribution in [3.05, 3.63) is 23.3 Å². The number of hydrogen-bond acceptors (Lipinski definition) is 6. The number of ether oxygens (including phenoxy) is 2. The number of carbonyl (C=O) groups excluding carboxylic acids is 4. The van der Waals surface area contributed by atoms with Gasteiger partial charge in [-0.1, -0.05) is 44.9 Å². The highest BCUT2D eigenvalue weighted by Crippen LogP contribution is 2.65. The maximum absolute atomic E-state index is 13.5. The maximum Gasteiger partial charge on any atom is 0.305 e. The van der Waals surface area contributed by atoms with Gasteiger partial charge in [0.1, 0.15) is 6.61 Å². The summed E-state index contributed by atoms with van der Waals surface area (Å²) in [5, 5.41) is 0. The molecule has 186 valence electrons. The zero-order chi connectivity index (χ0) is 24.7. The van der Waals surface area contributed by atoms with Gasteiger partial charge in [-0.2, -0.15) is 0 Å². The summed E-state index contributed by atoms with van der Waals surface area (Å²) in [4.78, 5) is 49.2. The summed E-state index contributed by atoms with van der Waals surface area (Å²) in [7, 11) is 0. The SMILES string of the molecule is CCC(=O)OCC(=O)[C@H]1[C@@H](COC(=O)CC)C[C@H]2[C@@H]3CCC4=CC(=O)CC[C@]4(C)C3=CC[C@@]21C. The molecule has 0 bridgehead atoms.